The first kappa shape index (κ1) is 48.6. The molecular weight excluding hydrogens is 858 g/mol. The maximum Gasteiger partial charge on any atom is 0.417 e. The third-order valence-corrected chi connectivity index (χ3v) is 16.0. The molecule has 0 aromatic heterocycles. The molecule has 0 spiro atoms. The number of halogens is 3. The highest BCUT2D eigenvalue weighted by Gasteiger charge is 2.46. The van der Waals surface area contributed by atoms with Crippen LogP contribution in [0.2, 0.25) is 18.1 Å². The molecule has 12 nitrogen and oxygen atoms in total. The second kappa shape index (κ2) is 20.1. The number of nitrogens with one attached hydrogen (secondary N) is 1. The van der Waals surface area contributed by atoms with Crippen LogP contribution in [0.5, 0.6) is 5.75 Å². The molecule has 16 heteroatoms. The van der Waals surface area contributed by atoms with Crippen LogP contribution < -0.4 is 10.1 Å². The van der Waals surface area contributed by atoms with Crippen LogP contribution in [-0.4, -0.2) is 90.4 Å². The van der Waals surface area contributed by atoms with Crippen molar-refractivity contribution in [1.29, 1.82) is 0 Å². The molecule has 0 aliphatic carbocycles. The third-order valence-electron chi connectivity index (χ3n) is 12.5. The van der Waals surface area contributed by atoms with Gasteiger partial charge in [-0.2, -0.15) is 0 Å². The molecular formula is C49H59F3N4O8Si. The van der Waals surface area contributed by atoms with E-state index < -0.39 is 78.6 Å². The molecule has 0 bridgehead atoms. The number of carbonyl (C=O) groups is 4. The van der Waals surface area contributed by atoms with Crippen LogP contribution in [0.1, 0.15) is 88.6 Å². The molecule has 2 N–H and O–H groups in total. The Morgan fingerprint density at radius 1 is 0.815 bits per heavy atom. The Morgan fingerprint density at radius 2 is 1.40 bits per heavy atom. The molecule has 0 radical (unpaired) electrons. The zero-order valence-corrected chi connectivity index (χ0v) is 39.0. The molecule has 4 amide bonds. The number of hydrogen-bond acceptors (Lipinski definition) is 9. The van der Waals surface area contributed by atoms with E-state index in [4.69, 9.17) is 14.2 Å². The minimum absolute atomic E-state index is 0.00941. The number of ether oxygens (including phenoxy) is 3. The van der Waals surface area contributed by atoms with E-state index in [1.807, 2.05) is 33.0 Å². The summed E-state index contributed by atoms with van der Waals surface area (Å²) < 4.78 is 62.0. The van der Waals surface area contributed by atoms with Crippen molar-refractivity contribution in [2.24, 2.45) is 5.92 Å². The van der Waals surface area contributed by atoms with Gasteiger partial charge in [0.15, 0.2) is 8.32 Å². The van der Waals surface area contributed by atoms with E-state index in [0.29, 0.717) is 17.7 Å². The summed E-state index contributed by atoms with van der Waals surface area (Å²) in [7, 11) is -2.79. The Labute approximate surface area is 379 Å². The zero-order valence-electron chi connectivity index (χ0n) is 38.0. The van der Waals surface area contributed by atoms with Gasteiger partial charge in [0.1, 0.15) is 41.5 Å². The fourth-order valence-corrected chi connectivity index (χ4v) is 8.82. The molecule has 2 fully saturated rings. The lowest BCUT2D eigenvalue weighted by Gasteiger charge is -2.39. The Bertz CT molecular complexity index is 2300. The summed E-state index contributed by atoms with van der Waals surface area (Å²) in [5, 5.41) is 2.73. The highest BCUT2D eigenvalue weighted by atomic mass is 28.4. The number of imide groups is 1. The van der Waals surface area contributed by atoms with Crippen LogP contribution in [0.15, 0.2) is 97.1 Å². The first-order valence-corrected chi connectivity index (χ1v) is 24.8. The summed E-state index contributed by atoms with van der Waals surface area (Å²) in [6, 6.07) is 22.2. The quantitative estimate of drug-likeness (QED) is 0.118. The molecule has 348 valence electrons. The van der Waals surface area contributed by atoms with E-state index in [2.05, 4.69) is 5.32 Å². The van der Waals surface area contributed by atoms with Crippen LogP contribution in [0, 0.1) is 23.4 Å². The fraction of sp³-hybridized carbons (Fsp3) is 0.429. The molecule has 2 saturated heterocycles. The van der Waals surface area contributed by atoms with Crippen molar-refractivity contribution in [2.75, 3.05) is 38.1 Å². The van der Waals surface area contributed by atoms with E-state index in [-0.39, 0.29) is 62.9 Å². The minimum atomic E-state index is -2.79. The van der Waals surface area contributed by atoms with E-state index in [1.54, 1.807) is 57.2 Å². The first-order valence-electron chi connectivity index (χ1n) is 21.9. The third kappa shape index (κ3) is 12.3. The van der Waals surface area contributed by atoms with Gasteiger partial charge in [0, 0.05) is 43.5 Å². The monoisotopic (exact) mass is 916 g/mol. The number of anilines is 1. The lowest BCUT2D eigenvalue weighted by Crippen LogP contribution is -2.52. The van der Waals surface area contributed by atoms with Gasteiger partial charge in [0.05, 0.1) is 12.0 Å². The minimum Gasteiger partial charge on any atom is -0.446 e. The van der Waals surface area contributed by atoms with Gasteiger partial charge in [-0.25, -0.2) is 32.5 Å². The number of rotatable bonds is 14. The molecule has 4 aromatic rings. The van der Waals surface area contributed by atoms with Crippen LogP contribution in [0.3, 0.4) is 0 Å². The predicted molar refractivity (Wildman–Crippen MR) is 242 cm³/mol. The average Bonchev–Trinajstić information content (AvgIpc) is 3.64. The molecule has 4 aromatic carbocycles. The number of benzene rings is 4. The van der Waals surface area contributed by atoms with Crippen molar-refractivity contribution in [3.05, 3.63) is 131 Å². The van der Waals surface area contributed by atoms with Gasteiger partial charge in [0.2, 0.25) is 5.91 Å². The largest absolute Gasteiger partial charge is 0.446 e. The summed E-state index contributed by atoms with van der Waals surface area (Å²) in [6.07, 6.45) is -1.30. The van der Waals surface area contributed by atoms with Gasteiger partial charge < -0.3 is 34.1 Å². The van der Waals surface area contributed by atoms with E-state index in [1.165, 1.54) is 58.3 Å². The molecule has 4 atom stereocenters. The lowest BCUT2D eigenvalue weighted by molar-refractivity contribution is -0.134. The predicted octanol–water partition coefficient (Wildman–Crippen LogP) is 10.6. The van der Waals surface area contributed by atoms with Crippen LogP contribution in [0.25, 0.3) is 0 Å². The van der Waals surface area contributed by atoms with Crippen molar-refractivity contribution in [1.82, 2.24) is 14.7 Å². The molecule has 0 unspecified atom stereocenters. The summed E-state index contributed by atoms with van der Waals surface area (Å²) in [4.78, 5) is 70.1. The van der Waals surface area contributed by atoms with Crippen molar-refractivity contribution < 1.29 is 51.4 Å². The van der Waals surface area contributed by atoms with Gasteiger partial charge in [-0.1, -0.05) is 62.4 Å². The zero-order chi connectivity index (χ0) is 47.3. The first-order chi connectivity index (χ1) is 30.6. The van der Waals surface area contributed by atoms with Gasteiger partial charge >= 0.3 is 18.3 Å². The van der Waals surface area contributed by atoms with Gasteiger partial charge in [-0.05, 0) is 118 Å². The number of hydrogen-bond donors (Lipinski definition) is 2. The van der Waals surface area contributed by atoms with E-state index in [0.717, 1.165) is 16.5 Å². The van der Waals surface area contributed by atoms with Gasteiger partial charge in [-0.15, -0.1) is 0 Å². The molecule has 2 heterocycles. The Hall–Kier alpha value is -5.87. The highest BCUT2D eigenvalue weighted by Crippen LogP contribution is 2.47. The fourth-order valence-electron chi connectivity index (χ4n) is 8.07. The average molecular weight is 917 g/mol. The Kier molecular flexibility index (Phi) is 15.0. The second-order valence-corrected chi connectivity index (χ2v) is 23.4. The standard InChI is InChI=1S/C49H59F3N4O8Si/c1-48(2,3)64-46(59)55-27-25-54(26-28-55)45(58)63-38-22-24-39(41(52)29-38)43(53-37-20-18-36(51)19-21-37)40(44(57)56-42(31-62-47(56)60)33-11-9-8-10-12-33)23-15-34(30-49(4,5)65(6,7)61)32-13-16-35(50)17-14-32/h8-14,16-22,24,29,34,40,42-43,53,61H,15,23,25-28,30-31H2,1-7H3/t34-,40-,42-,43-/m1/s1. The van der Waals surface area contributed by atoms with E-state index in [9.17, 15) is 28.0 Å². The molecule has 2 aliphatic rings. The van der Waals surface area contributed by atoms with Crippen molar-refractivity contribution >= 4 is 38.2 Å². The molecule has 65 heavy (non-hydrogen) atoms. The van der Waals surface area contributed by atoms with Gasteiger partial charge in [0.25, 0.3) is 0 Å². The molecule has 6 rings (SSSR count). The SMILES string of the molecule is CC(C)(C)OC(=O)N1CCN(C(=O)Oc2ccc([C@@H](Nc3ccc(F)cc3)[C@@H](CC[C@H](CC(C)(C)[Si](C)(C)O)c3ccc(F)cc3)C(=O)N3C(=O)OC[C@@H]3c3ccccc3)c(F)c2)CC1. The number of piperazine rings is 1. The number of amides is 4. The van der Waals surface area contributed by atoms with Gasteiger partial charge in [-0.3, -0.25) is 4.79 Å². The Morgan fingerprint density at radius 3 is 1.97 bits per heavy atom. The van der Waals surface area contributed by atoms with Crippen molar-refractivity contribution in [2.45, 2.75) is 95.6 Å². The lowest BCUT2D eigenvalue weighted by atomic mass is 9.80. The smallest absolute Gasteiger partial charge is 0.417 e. The normalized spacial score (nSPS) is 17.2. The summed E-state index contributed by atoms with van der Waals surface area (Å²) in [6.45, 7) is 13.6. The summed E-state index contributed by atoms with van der Waals surface area (Å²) >= 11 is 0. The number of cyclic esters (lactones) is 1. The summed E-state index contributed by atoms with van der Waals surface area (Å²) in [5.74, 6) is -4.06. The summed E-state index contributed by atoms with van der Waals surface area (Å²) in [5.41, 5.74) is 1.08. The topological polar surface area (TPSA) is 138 Å². The maximum absolute atomic E-state index is 16.9. The number of carbonyl (C=O) groups excluding carboxylic acids is 4. The van der Waals surface area contributed by atoms with Crippen LogP contribution in [-0.2, 0) is 14.3 Å². The van der Waals surface area contributed by atoms with E-state index >= 15 is 9.18 Å². The molecule has 2 aliphatic heterocycles. The highest BCUT2D eigenvalue weighted by molar-refractivity contribution is 6.72. The van der Waals surface area contributed by atoms with Crippen LogP contribution in [0.4, 0.5) is 33.2 Å². The van der Waals surface area contributed by atoms with Crippen molar-refractivity contribution in [3.63, 3.8) is 0 Å². The van der Waals surface area contributed by atoms with Crippen LogP contribution >= 0.6 is 0 Å². The van der Waals surface area contributed by atoms with Crippen molar-refractivity contribution in [3.8, 4) is 5.75 Å². The second-order valence-electron chi connectivity index (χ2n) is 18.9. The maximum atomic E-state index is 16.9. The Balaban J connectivity index is 1.36. The number of nitrogens with zero attached hydrogens (tertiary/aromatic N) is 3. The molecule has 0 saturated carbocycles.